The second-order valence-electron chi connectivity index (χ2n) is 7.19. The van der Waals surface area contributed by atoms with E-state index >= 15 is 0 Å². The average molecular weight is 451 g/mol. The van der Waals surface area contributed by atoms with Crippen LogP contribution in [0, 0.1) is 65.1 Å². The number of hydrogen-bond donors (Lipinski definition) is 0. The fourth-order valence-electron chi connectivity index (χ4n) is 4.45. The molecule has 0 fully saturated rings. The topological polar surface area (TPSA) is 3.88 Å². The van der Waals surface area contributed by atoms with Crippen molar-refractivity contribution in [1.82, 2.24) is 0 Å². The van der Waals surface area contributed by atoms with E-state index < -0.39 is 81.7 Å². The van der Waals surface area contributed by atoms with Gasteiger partial charge in [-0.1, -0.05) is 17.0 Å². The van der Waals surface area contributed by atoms with Crippen molar-refractivity contribution < 1.29 is 48.4 Å². The molecule has 0 saturated heterocycles. The molecule has 1 nitrogen and oxygen atoms in total. The highest BCUT2D eigenvalue weighted by Crippen LogP contribution is 2.28. The van der Waals surface area contributed by atoms with E-state index in [9.17, 15) is 43.9 Å². The lowest BCUT2D eigenvalue weighted by Gasteiger charge is -2.45. The number of nitrogens with zero attached hydrogens (tertiary/aromatic N) is 1. The second kappa shape index (κ2) is 6.73. The molecule has 12 heteroatoms. The van der Waals surface area contributed by atoms with Gasteiger partial charge in [0.25, 0.3) is 0 Å². The number of halogens is 10. The SMILES string of the molecule is Cc1cccc2[n+]1[B-](c1c(F)c(F)c(F)c(F)c1F)(c1c(F)c(F)c(F)c(F)c1F)C2. The molecule has 3 aromatic rings. The van der Waals surface area contributed by atoms with Gasteiger partial charge in [-0.25, -0.2) is 43.9 Å². The molecule has 0 spiro atoms. The number of aromatic nitrogens is 1. The fraction of sp³-hybridized carbons (Fsp3) is 0.105. The molecule has 0 bridgehead atoms. The van der Waals surface area contributed by atoms with Gasteiger partial charge in [0.1, 0.15) is 34.7 Å². The molecule has 31 heavy (non-hydrogen) atoms. The lowest BCUT2D eigenvalue weighted by molar-refractivity contribution is -0.582. The molecule has 1 aromatic heterocycles. The van der Waals surface area contributed by atoms with Gasteiger partial charge in [-0.15, -0.1) is 0 Å². The summed E-state index contributed by atoms with van der Waals surface area (Å²) in [4.78, 5) is 0. The predicted octanol–water partition coefficient (Wildman–Crippen LogP) is 3.38. The van der Waals surface area contributed by atoms with Crippen LogP contribution in [-0.4, -0.2) is 6.28 Å². The van der Waals surface area contributed by atoms with Crippen LogP contribution in [0.25, 0.3) is 0 Å². The van der Waals surface area contributed by atoms with Crippen LogP contribution in [-0.2, 0) is 6.32 Å². The van der Waals surface area contributed by atoms with Gasteiger partial charge in [0.15, 0.2) is 34.9 Å². The van der Waals surface area contributed by atoms with Crippen LogP contribution in [0.4, 0.5) is 43.9 Å². The van der Waals surface area contributed by atoms with Gasteiger partial charge >= 0.3 is 6.28 Å². The molecule has 0 atom stereocenters. The molecule has 0 N–H and O–H groups in total. The molecule has 2 aromatic carbocycles. The van der Waals surface area contributed by atoms with Crippen molar-refractivity contribution in [2.75, 3.05) is 0 Å². The molecule has 2 heterocycles. The Morgan fingerprint density at radius 3 is 1.29 bits per heavy atom. The standard InChI is InChI=1S/C19H8BF10N/c1-6-3-2-4-7-5-20(31(6)7,8-10(21)14(25)18(29)15(26)11(8)22)9-12(23)16(27)19(30)17(28)13(9)24/h2-4H,5H2,1H3. The Morgan fingerprint density at radius 2 is 0.935 bits per heavy atom. The Bertz CT molecular complexity index is 1150. The van der Waals surface area contributed by atoms with Crippen LogP contribution in [0.15, 0.2) is 18.2 Å². The van der Waals surface area contributed by atoms with Crippen molar-refractivity contribution in [3.05, 3.63) is 87.8 Å². The maximum absolute atomic E-state index is 14.7. The summed E-state index contributed by atoms with van der Waals surface area (Å²) in [6.07, 6.45) is -4.61. The third-order valence-electron chi connectivity index (χ3n) is 5.70. The molecule has 4 rings (SSSR count). The zero-order valence-corrected chi connectivity index (χ0v) is 15.2. The maximum atomic E-state index is 14.7. The molecule has 0 saturated carbocycles. The van der Waals surface area contributed by atoms with Gasteiger partial charge in [-0.2, -0.15) is 0 Å². The molecular formula is C19H8BF10N. The van der Waals surface area contributed by atoms with E-state index in [2.05, 4.69) is 0 Å². The first kappa shape index (κ1) is 21.2. The summed E-state index contributed by atoms with van der Waals surface area (Å²) >= 11 is 0. The summed E-state index contributed by atoms with van der Waals surface area (Å²) in [5.41, 5.74) is -3.21. The van der Waals surface area contributed by atoms with Crippen molar-refractivity contribution in [1.29, 1.82) is 0 Å². The monoisotopic (exact) mass is 451 g/mol. The van der Waals surface area contributed by atoms with Crippen LogP contribution < -0.4 is 15.4 Å². The number of hydrogen-bond acceptors (Lipinski definition) is 0. The highest BCUT2D eigenvalue weighted by atomic mass is 19.2. The first-order chi connectivity index (χ1) is 14.5. The largest absolute Gasteiger partial charge is 0.416 e. The van der Waals surface area contributed by atoms with E-state index in [0.29, 0.717) is 0 Å². The first-order valence-electron chi connectivity index (χ1n) is 8.68. The van der Waals surface area contributed by atoms with Crippen LogP contribution in [0.3, 0.4) is 0 Å². The summed E-state index contributed by atoms with van der Waals surface area (Å²) in [7, 11) is 0. The van der Waals surface area contributed by atoms with Gasteiger partial charge in [0.05, 0.1) is 0 Å². The third-order valence-corrected chi connectivity index (χ3v) is 5.70. The summed E-state index contributed by atoms with van der Waals surface area (Å²) in [6.45, 7) is 1.28. The lowest BCUT2D eigenvalue weighted by atomic mass is 9.20. The highest BCUT2D eigenvalue weighted by molar-refractivity contribution is 6.96. The van der Waals surface area contributed by atoms with Crippen molar-refractivity contribution in [2.45, 2.75) is 13.2 Å². The number of pyridine rings is 1. The van der Waals surface area contributed by atoms with Gasteiger partial charge in [0, 0.05) is 6.92 Å². The molecule has 0 unspecified atom stereocenters. The first-order valence-corrected chi connectivity index (χ1v) is 8.68. The highest BCUT2D eigenvalue weighted by Gasteiger charge is 2.58. The Labute approximate surface area is 167 Å². The van der Waals surface area contributed by atoms with Gasteiger partial charge in [0.2, 0.25) is 0 Å². The number of fused-ring (bicyclic) bond motifs is 1. The number of rotatable bonds is 2. The number of aryl methyl sites for hydroxylation is 1. The zero-order valence-electron chi connectivity index (χ0n) is 15.2. The van der Waals surface area contributed by atoms with Crippen LogP contribution >= 0.6 is 0 Å². The molecular weight excluding hydrogens is 443 g/mol. The Balaban J connectivity index is 2.26. The van der Waals surface area contributed by atoms with E-state index in [4.69, 9.17) is 0 Å². The normalized spacial score (nSPS) is 14.4. The molecule has 1 aliphatic rings. The summed E-state index contributed by atoms with van der Waals surface area (Å²) in [5.74, 6) is -24.4. The van der Waals surface area contributed by atoms with Gasteiger partial charge < -0.3 is 4.48 Å². The van der Waals surface area contributed by atoms with Crippen LogP contribution in [0.2, 0.25) is 0 Å². The maximum Gasteiger partial charge on any atom is 0.354 e. The van der Waals surface area contributed by atoms with Gasteiger partial charge in [-0.3, -0.25) is 0 Å². The predicted molar refractivity (Wildman–Crippen MR) is 88.0 cm³/mol. The van der Waals surface area contributed by atoms with Crippen molar-refractivity contribution in [3.8, 4) is 0 Å². The lowest BCUT2D eigenvalue weighted by Crippen LogP contribution is -2.91. The Morgan fingerprint density at radius 1 is 0.581 bits per heavy atom. The van der Waals surface area contributed by atoms with E-state index in [1.54, 1.807) is 0 Å². The second-order valence-corrected chi connectivity index (χ2v) is 7.19. The van der Waals surface area contributed by atoms with Crippen LogP contribution in [0.5, 0.6) is 0 Å². The van der Waals surface area contributed by atoms with E-state index in [1.807, 2.05) is 0 Å². The minimum Gasteiger partial charge on any atom is -0.416 e. The molecule has 0 radical (unpaired) electrons. The van der Waals surface area contributed by atoms with Crippen molar-refractivity contribution in [2.24, 2.45) is 0 Å². The smallest absolute Gasteiger partial charge is 0.354 e. The zero-order chi connectivity index (χ0) is 23.0. The molecule has 0 aliphatic carbocycles. The minimum absolute atomic E-state index is 0.0247. The summed E-state index contributed by atoms with van der Waals surface area (Å²) in [5, 5.41) is 0. The third kappa shape index (κ3) is 2.50. The summed E-state index contributed by atoms with van der Waals surface area (Å²) in [6, 6.07) is 4.01. The van der Waals surface area contributed by atoms with E-state index in [-0.39, 0.29) is 11.4 Å². The Kier molecular flexibility index (Phi) is 4.60. The molecule has 1 aliphatic heterocycles. The van der Waals surface area contributed by atoms with E-state index in [0.717, 1.165) is 4.48 Å². The molecule has 162 valence electrons. The summed E-state index contributed by atoms with van der Waals surface area (Å²) < 4.78 is 143. The quantitative estimate of drug-likeness (QED) is 0.244. The molecule has 0 amide bonds. The van der Waals surface area contributed by atoms with Crippen molar-refractivity contribution >= 4 is 17.2 Å². The minimum atomic E-state index is -3.86. The fourth-order valence-corrected chi connectivity index (χ4v) is 4.45. The van der Waals surface area contributed by atoms with E-state index in [1.165, 1.54) is 25.1 Å². The van der Waals surface area contributed by atoms with Crippen molar-refractivity contribution in [3.63, 3.8) is 0 Å². The number of benzene rings is 2. The Hall–Kier alpha value is -3.05. The van der Waals surface area contributed by atoms with Gasteiger partial charge in [-0.05, 0) is 18.5 Å². The van der Waals surface area contributed by atoms with Crippen LogP contribution in [0.1, 0.15) is 11.4 Å². The average Bonchev–Trinajstić information content (AvgIpc) is 2.72.